The van der Waals surface area contributed by atoms with Crippen LogP contribution < -0.4 is 10.6 Å². The minimum absolute atomic E-state index is 0.172. The summed E-state index contributed by atoms with van der Waals surface area (Å²) in [5, 5.41) is 6.16. The molecule has 1 amide bonds. The van der Waals surface area contributed by atoms with Crippen LogP contribution in [-0.2, 0) is 0 Å². The lowest BCUT2D eigenvalue weighted by Gasteiger charge is -2.17. The van der Waals surface area contributed by atoms with Gasteiger partial charge in [-0.2, -0.15) is 8.78 Å². The van der Waals surface area contributed by atoms with Crippen LogP contribution in [0.15, 0.2) is 78.0 Å². The number of nitrogens with one attached hydrogen (secondary N) is 2. The van der Waals surface area contributed by atoms with Crippen molar-refractivity contribution in [1.29, 1.82) is 0 Å². The van der Waals surface area contributed by atoms with E-state index in [0.29, 0.717) is 33.6 Å². The number of pyridine rings is 1. The van der Waals surface area contributed by atoms with Crippen LogP contribution in [0.5, 0.6) is 0 Å². The Kier molecular flexibility index (Phi) is 6.60. The number of amides is 1. The first kappa shape index (κ1) is 19.8. The SMILES string of the molecule is CC(NC(=O)c1ccccc1Nc1ccc(SC(F)F)cc1)c1ccncc1. The highest BCUT2D eigenvalue weighted by Gasteiger charge is 2.15. The number of hydrogen-bond donors (Lipinski definition) is 2. The van der Waals surface area contributed by atoms with Gasteiger partial charge in [0, 0.05) is 23.0 Å². The van der Waals surface area contributed by atoms with Gasteiger partial charge < -0.3 is 10.6 Å². The largest absolute Gasteiger partial charge is 0.355 e. The van der Waals surface area contributed by atoms with Gasteiger partial charge in [-0.15, -0.1) is 0 Å². The highest BCUT2D eigenvalue weighted by Crippen LogP contribution is 2.28. The smallest absolute Gasteiger partial charge is 0.288 e. The Labute approximate surface area is 166 Å². The van der Waals surface area contributed by atoms with Crippen molar-refractivity contribution in [3.8, 4) is 0 Å². The summed E-state index contributed by atoms with van der Waals surface area (Å²) < 4.78 is 24.9. The van der Waals surface area contributed by atoms with Crippen molar-refractivity contribution in [2.75, 3.05) is 5.32 Å². The maximum Gasteiger partial charge on any atom is 0.288 e. The molecule has 0 aliphatic heterocycles. The molecule has 4 nitrogen and oxygen atoms in total. The van der Waals surface area contributed by atoms with E-state index in [9.17, 15) is 13.6 Å². The van der Waals surface area contributed by atoms with E-state index in [1.807, 2.05) is 25.1 Å². The maximum atomic E-state index is 12.8. The molecular formula is C21H19F2N3OS. The Morgan fingerprint density at radius 2 is 1.68 bits per heavy atom. The average Bonchev–Trinajstić information content (AvgIpc) is 2.70. The van der Waals surface area contributed by atoms with Gasteiger partial charge in [0.25, 0.3) is 11.7 Å². The number of nitrogens with zero attached hydrogens (tertiary/aromatic N) is 1. The quantitative estimate of drug-likeness (QED) is 0.506. The molecule has 0 bridgehead atoms. The van der Waals surface area contributed by atoms with Gasteiger partial charge in [-0.25, -0.2) is 0 Å². The third kappa shape index (κ3) is 5.29. The molecular weight excluding hydrogens is 380 g/mol. The molecule has 0 radical (unpaired) electrons. The number of carbonyl (C=O) groups is 1. The third-order valence-electron chi connectivity index (χ3n) is 4.08. The first-order valence-electron chi connectivity index (χ1n) is 8.64. The van der Waals surface area contributed by atoms with Gasteiger partial charge in [-0.05, 0) is 61.0 Å². The minimum atomic E-state index is -2.45. The number of alkyl halides is 2. The number of para-hydroxylation sites is 1. The van der Waals surface area contributed by atoms with E-state index in [1.54, 1.807) is 54.9 Å². The highest BCUT2D eigenvalue weighted by atomic mass is 32.2. The summed E-state index contributed by atoms with van der Waals surface area (Å²) in [6, 6.07) is 17.3. The molecule has 3 aromatic rings. The molecule has 1 aromatic heterocycles. The zero-order valence-electron chi connectivity index (χ0n) is 15.1. The molecule has 28 heavy (non-hydrogen) atoms. The third-order valence-corrected chi connectivity index (χ3v) is 4.81. The van der Waals surface area contributed by atoms with Gasteiger partial charge in [0.15, 0.2) is 0 Å². The Morgan fingerprint density at radius 1 is 1.00 bits per heavy atom. The summed E-state index contributed by atoms with van der Waals surface area (Å²) in [6.45, 7) is 1.91. The van der Waals surface area contributed by atoms with Gasteiger partial charge >= 0.3 is 0 Å². The number of carbonyl (C=O) groups excluding carboxylic acids is 1. The molecule has 1 unspecified atom stereocenters. The molecule has 0 saturated heterocycles. The first-order chi connectivity index (χ1) is 13.5. The van der Waals surface area contributed by atoms with Crippen molar-refractivity contribution < 1.29 is 13.6 Å². The van der Waals surface area contributed by atoms with Crippen LogP contribution in [0, 0.1) is 0 Å². The second-order valence-electron chi connectivity index (χ2n) is 6.05. The van der Waals surface area contributed by atoms with Gasteiger partial charge in [0.05, 0.1) is 17.3 Å². The van der Waals surface area contributed by atoms with Crippen LogP contribution in [-0.4, -0.2) is 16.6 Å². The molecule has 2 aromatic carbocycles. The van der Waals surface area contributed by atoms with Crippen molar-refractivity contribution in [2.45, 2.75) is 23.6 Å². The number of hydrogen-bond acceptors (Lipinski definition) is 4. The summed E-state index contributed by atoms with van der Waals surface area (Å²) in [5.41, 5.74) is 2.80. The predicted octanol–water partition coefficient (Wildman–Crippen LogP) is 5.63. The lowest BCUT2D eigenvalue weighted by atomic mass is 10.1. The number of benzene rings is 2. The van der Waals surface area contributed by atoms with Crippen LogP contribution in [0.4, 0.5) is 20.2 Å². The van der Waals surface area contributed by atoms with Crippen molar-refractivity contribution in [2.24, 2.45) is 0 Å². The lowest BCUT2D eigenvalue weighted by Crippen LogP contribution is -2.27. The van der Waals surface area contributed by atoms with Crippen molar-refractivity contribution in [1.82, 2.24) is 10.3 Å². The van der Waals surface area contributed by atoms with Gasteiger partial charge in [0.2, 0.25) is 0 Å². The Balaban J connectivity index is 1.73. The molecule has 1 heterocycles. The molecule has 144 valence electrons. The van der Waals surface area contributed by atoms with E-state index in [2.05, 4.69) is 15.6 Å². The molecule has 2 N–H and O–H groups in total. The Morgan fingerprint density at radius 3 is 2.36 bits per heavy atom. The first-order valence-corrected chi connectivity index (χ1v) is 9.52. The average molecular weight is 399 g/mol. The standard InChI is InChI=1S/C21H19F2N3OS/c1-14(15-10-12-24-13-11-15)25-20(27)18-4-2-3-5-19(18)26-16-6-8-17(9-7-16)28-21(22)23/h2-14,21,26H,1H3,(H,25,27). The molecule has 3 rings (SSSR count). The summed E-state index contributed by atoms with van der Waals surface area (Å²) >= 11 is 0.497. The van der Waals surface area contributed by atoms with Crippen molar-refractivity contribution >= 4 is 29.0 Å². The van der Waals surface area contributed by atoms with E-state index in [0.717, 1.165) is 5.56 Å². The summed E-state index contributed by atoms with van der Waals surface area (Å²) in [6.07, 6.45) is 3.37. The number of thioether (sulfide) groups is 1. The topological polar surface area (TPSA) is 54.0 Å². The molecule has 7 heteroatoms. The number of rotatable bonds is 7. The summed E-state index contributed by atoms with van der Waals surface area (Å²) in [4.78, 5) is 17.2. The Hall–Kier alpha value is -2.93. The number of anilines is 2. The zero-order chi connectivity index (χ0) is 19.9. The van der Waals surface area contributed by atoms with E-state index < -0.39 is 5.76 Å². The van der Waals surface area contributed by atoms with Gasteiger partial charge in [-0.1, -0.05) is 23.9 Å². The summed E-state index contributed by atoms with van der Waals surface area (Å²) in [5.74, 6) is -2.66. The fourth-order valence-corrected chi connectivity index (χ4v) is 3.17. The maximum absolute atomic E-state index is 12.8. The normalized spacial score (nSPS) is 11.9. The molecule has 0 saturated carbocycles. The van der Waals surface area contributed by atoms with Crippen LogP contribution >= 0.6 is 11.8 Å². The van der Waals surface area contributed by atoms with Crippen LogP contribution in [0.3, 0.4) is 0 Å². The molecule has 0 fully saturated rings. The molecule has 0 aliphatic rings. The highest BCUT2D eigenvalue weighted by molar-refractivity contribution is 7.99. The Bertz CT molecular complexity index is 920. The van der Waals surface area contributed by atoms with Gasteiger partial charge in [0.1, 0.15) is 0 Å². The van der Waals surface area contributed by atoms with Crippen molar-refractivity contribution in [3.63, 3.8) is 0 Å². The second-order valence-corrected chi connectivity index (χ2v) is 7.11. The molecule has 0 spiro atoms. The van der Waals surface area contributed by atoms with Crippen LogP contribution in [0.2, 0.25) is 0 Å². The van der Waals surface area contributed by atoms with Crippen LogP contribution in [0.25, 0.3) is 0 Å². The van der Waals surface area contributed by atoms with E-state index in [-0.39, 0.29) is 11.9 Å². The molecule has 1 atom stereocenters. The second kappa shape index (κ2) is 9.32. The lowest BCUT2D eigenvalue weighted by molar-refractivity contribution is 0.0940. The van der Waals surface area contributed by atoms with E-state index >= 15 is 0 Å². The fourth-order valence-electron chi connectivity index (χ4n) is 2.68. The summed E-state index contributed by atoms with van der Waals surface area (Å²) in [7, 11) is 0. The van der Waals surface area contributed by atoms with Gasteiger partial charge in [-0.3, -0.25) is 9.78 Å². The van der Waals surface area contributed by atoms with E-state index in [1.165, 1.54) is 0 Å². The zero-order valence-corrected chi connectivity index (χ0v) is 15.9. The van der Waals surface area contributed by atoms with Crippen LogP contribution in [0.1, 0.15) is 28.9 Å². The van der Waals surface area contributed by atoms with Crippen molar-refractivity contribution in [3.05, 3.63) is 84.2 Å². The predicted molar refractivity (Wildman–Crippen MR) is 108 cm³/mol. The van der Waals surface area contributed by atoms with E-state index in [4.69, 9.17) is 0 Å². The monoisotopic (exact) mass is 399 g/mol. The number of halogens is 2. The molecule has 0 aliphatic carbocycles. The fraction of sp³-hybridized carbons (Fsp3) is 0.143. The number of aromatic nitrogens is 1. The minimum Gasteiger partial charge on any atom is -0.355 e.